The zero-order valence-electron chi connectivity index (χ0n) is 19.0. The predicted octanol–water partition coefficient (Wildman–Crippen LogP) is 6.46. The molecule has 0 radical (unpaired) electrons. The van der Waals surface area contributed by atoms with Crippen LogP contribution in [0.1, 0.15) is 76.3 Å². The Balaban J connectivity index is 1.40. The van der Waals surface area contributed by atoms with E-state index < -0.39 is 17.8 Å². The topological polar surface area (TPSA) is 40.5 Å². The van der Waals surface area contributed by atoms with Crippen LogP contribution in [0, 0.1) is 34.5 Å². The average Bonchev–Trinajstić information content (AvgIpc) is 2.99. The van der Waals surface area contributed by atoms with Crippen LogP contribution in [0.4, 0.5) is 13.2 Å². The third kappa shape index (κ3) is 3.46. The maximum atomic E-state index is 12.9. The second-order valence-electron chi connectivity index (χ2n) is 11.6. The van der Waals surface area contributed by atoms with Crippen molar-refractivity contribution in [1.29, 1.82) is 0 Å². The van der Waals surface area contributed by atoms with Gasteiger partial charge in [0.1, 0.15) is 0 Å². The number of rotatable bonds is 1. The molecule has 32 heavy (non-hydrogen) atoms. The van der Waals surface area contributed by atoms with Gasteiger partial charge in [-0.15, -0.1) is 0 Å². The molecule has 4 saturated carbocycles. The number of fused-ring (bicyclic) bond motifs is 5. The van der Waals surface area contributed by atoms with Crippen LogP contribution in [0.3, 0.4) is 0 Å². The van der Waals surface area contributed by atoms with E-state index in [4.69, 9.17) is 0 Å². The standard InChI is InChI=1S/C27H35F3O2/c1-25-11-9-20(31)15-19(25)7-8-21-22(25)10-12-26(2)23(21)14-17(24(26)32)13-16-3-5-18(6-4-16)27(28,29)30/h3-6,13,19-24,31-32H,7-12,14-15H2,1-2H3/b17-13-/t19-,20-,21-,22+,23+,24-,25-,26-/m0/s1. The maximum Gasteiger partial charge on any atom is 0.416 e. The Bertz CT molecular complexity index is 891. The average molecular weight is 449 g/mol. The lowest BCUT2D eigenvalue weighted by molar-refractivity contribution is -0.137. The highest BCUT2D eigenvalue weighted by Gasteiger charge is 2.61. The highest BCUT2D eigenvalue weighted by molar-refractivity contribution is 5.56. The van der Waals surface area contributed by atoms with Crippen molar-refractivity contribution in [2.45, 2.75) is 83.6 Å². The summed E-state index contributed by atoms with van der Waals surface area (Å²) in [5.41, 5.74) is 1.19. The van der Waals surface area contributed by atoms with Crippen LogP contribution in [-0.4, -0.2) is 22.4 Å². The van der Waals surface area contributed by atoms with Crippen molar-refractivity contribution in [1.82, 2.24) is 0 Å². The zero-order valence-corrected chi connectivity index (χ0v) is 19.0. The number of aliphatic hydroxyl groups is 2. The lowest BCUT2D eigenvalue weighted by Crippen LogP contribution is -2.54. The van der Waals surface area contributed by atoms with Crippen molar-refractivity contribution >= 4 is 6.08 Å². The molecule has 0 aromatic heterocycles. The van der Waals surface area contributed by atoms with Gasteiger partial charge in [-0.3, -0.25) is 0 Å². The number of aliphatic hydroxyl groups excluding tert-OH is 2. The van der Waals surface area contributed by atoms with Gasteiger partial charge in [0.05, 0.1) is 17.8 Å². The molecule has 2 nitrogen and oxygen atoms in total. The summed E-state index contributed by atoms with van der Waals surface area (Å²) < 4.78 is 38.7. The van der Waals surface area contributed by atoms with E-state index >= 15 is 0 Å². The molecule has 0 amide bonds. The third-order valence-corrected chi connectivity index (χ3v) is 10.1. The molecule has 5 rings (SSSR count). The molecule has 1 aromatic rings. The van der Waals surface area contributed by atoms with E-state index in [1.807, 2.05) is 6.08 Å². The van der Waals surface area contributed by atoms with Gasteiger partial charge in [0, 0.05) is 5.41 Å². The molecule has 0 saturated heterocycles. The van der Waals surface area contributed by atoms with Gasteiger partial charge in [0.2, 0.25) is 0 Å². The van der Waals surface area contributed by atoms with Gasteiger partial charge in [0.25, 0.3) is 0 Å². The first-order valence-electron chi connectivity index (χ1n) is 12.3. The minimum Gasteiger partial charge on any atom is -0.393 e. The Hall–Kier alpha value is -1.33. The van der Waals surface area contributed by atoms with Crippen molar-refractivity contribution < 1.29 is 23.4 Å². The Morgan fingerprint density at radius 2 is 1.59 bits per heavy atom. The largest absolute Gasteiger partial charge is 0.416 e. The van der Waals surface area contributed by atoms with Gasteiger partial charge in [-0.1, -0.05) is 32.1 Å². The summed E-state index contributed by atoms with van der Waals surface area (Å²) in [6.07, 6.45) is 5.13. The summed E-state index contributed by atoms with van der Waals surface area (Å²) in [4.78, 5) is 0. The second-order valence-corrected chi connectivity index (χ2v) is 11.6. The highest BCUT2D eigenvalue weighted by Crippen LogP contribution is 2.67. The predicted molar refractivity (Wildman–Crippen MR) is 119 cm³/mol. The fourth-order valence-electron chi connectivity index (χ4n) is 8.22. The Morgan fingerprint density at radius 1 is 0.906 bits per heavy atom. The number of hydrogen-bond donors (Lipinski definition) is 2. The number of hydrogen-bond acceptors (Lipinski definition) is 2. The Labute approximate surface area is 188 Å². The summed E-state index contributed by atoms with van der Waals surface area (Å²) in [6.45, 7) is 4.68. The number of benzene rings is 1. The lowest BCUT2D eigenvalue weighted by Gasteiger charge is -2.60. The molecule has 0 aliphatic heterocycles. The Kier molecular flexibility index (Phi) is 5.33. The molecule has 0 heterocycles. The van der Waals surface area contributed by atoms with E-state index in [2.05, 4.69) is 13.8 Å². The van der Waals surface area contributed by atoms with Crippen LogP contribution >= 0.6 is 0 Å². The van der Waals surface area contributed by atoms with Gasteiger partial charge < -0.3 is 10.2 Å². The molecule has 0 bridgehead atoms. The lowest BCUT2D eigenvalue weighted by atomic mass is 9.45. The first kappa shape index (κ1) is 22.5. The molecule has 4 aliphatic rings. The molecule has 4 fully saturated rings. The Morgan fingerprint density at radius 3 is 2.28 bits per heavy atom. The molecule has 4 aliphatic carbocycles. The van der Waals surface area contributed by atoms with Crippen molar-refractivity contribution in [3.05, 3.63) is 41.0 Å². The van der Waals surface area contributed by atoms with Gasteiger partial charge in [0.15, 0.2) is 0 Å². The fourth-order valence-corrected chi connectivity index (χ4v) is 8.22. The quantitative estimate of drug-likeness (QED) is 0.517. The van der Waals surface area contributed by atoms with Crippen molar-refractivity contribution in [3.63, 3.8) is 0 Å². The van der Waals surface area contributed by atoms with Gasteiger partial charge >= 0.3 is 6.18 Å². The van der Waals surface area contributed by atoms with E-state index in [-0.39, 0.29) is 16.9 Å². The second kappa shape index (κ2) is 7.59. The normalized spacial score (nSPS) is 45.3. The fraction of sp³-hybridized carbons (Fsp3) is 0.704. The first-order chi connectivity index (χ1) is 15.0. The van der Waals surface area contributed by atoms with Crippen LogP contribution in [-0.2, 0) is 6.18 Å². The van der Waals surface area contributed by atoms with Crippen LogP contribution in [0.2, 0.25) is 0 Å². The first-order valence-corrected chi connectivity index (χ1v) is 12.3. The minimum atomic E-state index is -4.33. The van der Waals surface area contributed by atoms with Crippen molar-refractivity contribution in [2.24, 2.45) is 34.5 Å². The molecule has 176 valence electrons. The summed E-state index contributed by atoms with van der Waals surface area (Å²) >= 11 is 0. The summed E-state index contributed by atoms with van der Waals surface area (Å²) in [5, 5.41) is 21.5. The number of halogens is 3. The van der Waals surface area contributed by atoms with E-state index in [0.717, 1.165) is 74.6 Å². The van der Waals surface area contributed by atoms with Crippen molar-refractivity contribution in [2.75, 3.05) is 0 Å². The summed E-state index contributed by atoms with van der Waals surface area (Å²) in [5.74, 6) is 2.25. The minimum absolute atomic E-state index is 0.148. The van der Waals surface area contributed by atoms with E-state index in [1.54, 1.807) is 0 Å². The molecular formula is C27H35F3O2. The van der Waals surface area contributed by atoms with Crippen LogP contribution < -0.4 is 0 Å². The van der Waals surface area contributed by atoms with Crippen LogP contribution in [0.5, 0.6) is 0 Å². The monoisotopic (exact) mass is 448 g/mol. The summed E-state index contributed by atoms with van der Waals surface area (Å²) in [7, 11) is 0. The van der Waals surface area contributed by atoms with E-state index in [9.17, 15) is 23.4 Å². The van der Waals surface area contributed by atoms with Crippen LogP contribution in [0.15, 0.2) is 29.8 Å². The van der Waals surface area contributed by atoms with Gasteiger partial charge in [-0.25, -0.2) is 0 Å². The third-order valence-electron chi connectivity index (χ3n) is 10.1. The number of alkyl halides is 3. The highest BCUT2D eigenvalue weighted by atomic mass is 19.4. The zero-order chi connectivity index (χ0) is 22.9. The van der Waals surface area contributed by atoms with Crippen LogP contribution in [0.25, 0.3) is 6.08 Å². The molecule has 0 spiro atoms. The van der Waals surface area contributed by atoms with E-state index in [0.29, 0.717) is 23.7 Å². The molecule has 1 aromatic carbocycles. The SMILES string of the molecule is C[C@]12CC[C@H](O)C[C@@H]1CC[C@H]1[C@H]2CC[C@@]2(C)[C@@H]1C/C(=C/c1ccc(C(F)(F)F)cc1)[C@@H]2O. The molecular weight excluding hydrogens is 413 g/mol. The molecule has 0 unspecified atom stereocenters. The van der Waals surface area contributed by atoms with Gasteiger partial charge in [-0.05, 0) is 104 Å². The molecule has 2 N–H and O–H groups in total. The van der Waals surface area contributed by atoms with Gasteiger partial charge in [-0.2, -0.15) is 13.2 Å². The maximum absolute atomic E-state index is 12.9. The van der Waals surface area contributed by atoms with E-state index in [1.165, 1.54) is 12.1 Å². The molecule has 5 heteroatoms. The molecule has 8 atom stereocenters. The smallest absolute Gasteiger partial charge is 0.393 e. The summed E-state index contributed by atoms with van der Waals surface area (Å²) in [6, 6.07) is 5.26. The van der Waals surface area contributed by atoms with Crippen molar-refractivity contribution in [3.8, 4) is 0 Å².